The van der Waals surface area contributed by atoms with E-state index >= 15 is 0 Å². The van der Waals surface area contributed by atoms with Crippen LogP contribution < -0.4 is 10.6 Å². The Morgan fingerprint density at radius 1 is 1.03 bits per heavy atom. The number of carbonyl (C=O) groups excluding carboxylic acids is 2. The van der Waals surface area contributed by atoms with Crippen molar-refractivity contribution in [2.24, 2.45) is 5.73 Å². The average molecular weight is 523 g/mol. The number of amides is 1. The Labute approximate surface area is 230 Å². The van der Waals surface area contributed by atoms with E-state index in [1.165, 1.54) is 0 Å². The number of hydrogen-bond donors (Lipinski definition) is 2. The van der Waals surface area contributed by atoms with Crippen LogP contribution in [0.1, 0.15) is 62.7 Å². The topological polar surface area (TPSA) is 99.7 Å². The van der Waals surface area contributed by atoms with Crippen molar-refractivity contribution in [2.75, 3.05) is 31.1 Å². The second kappa shape index (κ2) is 12.8. The van der Waals surface area contributed by atoms with Crippen LogP contribution in [-0.4, -0.2) is 48.9 Å². The SMILES string of the molecule is CCOC(=O)c1ccc(CN(CC#Cc2ccc(C(=O)N3CCCC3)c(C)c2)c2cccc(C(=N)N)c2)cc1. The van der Waals surface area contributed by atoms with E-state index in [0.717, 1.165) is 53.9 Å². The summed E-state index contributed by atoms with van der Waals surface area (Å²) in [6.45, 7) is 6.68. The Hall–Kier alpha value is -4.57. The van der Waals surface area contributed by atoms with Crippen LogP contribution in [0.2, 0.25) is 0 Å². The van der Waals surface area contributed by atoms with Crippen molar-refractivity contribution in [3.8, 4) is 11.8 Å². The largest absolute Gasteiger partial charge is 0.462 e. The number of benzene rings is 3. The van der Waals surface area contributed by atoms with Gasteiger partial charge in [0.25, 0.3) is 5.91 Å². The predicted molar refractivity (Wildman–Crippen MR) is 154 cm³/mol. The first-order valence-electron chi connectivity index (χ1n) is 13.2. The van der Waals surface area contributed by atoms with Gasteiger partial charge in [0.15, 0.2) is 0 Å². The van der Waals surface area contributed by atoms with Crippen LogP contribution in [0.4, 0.5) is 5.69 Å². The molecule has 0 bridgehead atoms. The van der Waals surface area contributed by atoms with Crippen LogP contribution in [0.25, 0.3) is 0 Å². The fourth-order valence-electron chi connectivity index (χ4n) is 4.60. The monoisotopic (exact) mass is 522 g/mol. The molecular weight excluding hydrogens is 488 g/mol. The first kappa shape index (κ1) is 27.5. The molecule has 3 N–H and O–H groups in total. The van der Waals surface area contributed by atoms with Gasteiger partial charge in [-0.1, -0.05) is 36.1 Å². The molecule has 39 heavy (non-hydrogen) atoms. The Morgan fingerprint density at radius 3 is 2.44 bits per heavy atom. The number of carbonyl (C=O) groups is 2. The third kappa shape index (κ3) is 7.05. The number of amidine groups is 1. The maximum Gasteiger partial charge on any atom is 0.338 e. The Bertz CT molecular complexity index is 1410. The summed E-state index contributed by atoms with van der Waals surface area (Å²) in [5.41, 5.74) is 11.3. The molecule has 0 spiro atoms. The van der Waals surface area contributed by atoms with Gasteiger partial charge in [0.1, 0.15) is 5.84 Å². The van der Waals surface area contributed by atoms with E-state index in [1.54, 1.807) is 25.1 Å². The second-order valence-electron chi connectivity index (χ2n) is 9.57. The van der Waals surface area contributed by atoms with Crippen molar-refractivity contribution >= 4 is 23.4 Å². The first-order valence-corrected chi connectivity index (χ1v) is 13.2. The van der Waals surface area contributed by atoms with Gasteiger partial charge in [0.2, 0.25) is 0 Å². The number of nitrogens with zero attached hydrogens (tertiary/aromatic N) is 2. The Balaban J connectivity index is 1.53. The lowest BCUT2D eigenvalue weighted by Crippen LogP contribution is -2.28. The van der Waals surface area contributed by atoms with E-state index in [1.807, 2.05) is 60.4 Å². The standard InChI is InChI=1S/C32H34N4O3/c1-3-39-32(38)26-14-11-25(12-15-26)22-36(28-10-6-9-27(21-28)30(33)34)19-7-8-24-13-16-29(23(2)20-24)31(37)35-17-4-5-18-35/h6,9-16,20-21H,3-5,17-19,22H2,1-2H3,(H3,33,34). The van der Waals surface area contributed by atoms with Gasteiger partial charge in [0.05, 0.1) is 18.7 Å². The quantitative estimate of drug-likeness (QED) is 0.193. The number of rotatable bonds is 8. The lowest BCUT2D eigenvalue weighted by Gasteiger charge is -2.23. The molecule has 0 atom stereocenters. The van der Waals surface area contributed by atoms with Gasteiger partial charge >= 0.3 is 5.97 Å². The summed E-state index contributed by atoms with van der Waals surface area (Å²) in [4.78, 5) is 28.8. The number of anilines is 1. The zero-order valence-corrected chi connectivity index (χ0v) is 22.5. The van der Waals surface area contributed by atoms with E-state index in [2.05, 4.69) is 16.7 Å². The molecule has 200 valence electrons. The molecule has 0 saturated carbocycles. The highest BCUT2D eigenvalue weighted by molar-refractivity contribution is 5.96. The van der Waals surface area contributed by atoms with Gasteiger partial charge in [-0.15, -0.1) is 0 Å². The smallest absolute Gasteiger partial charge is 0.338 e. The van der Waals surface area contributed by atoms with Crippen molar-refractivity contribution in [1.29, 1.82) is 5.41 Å². The molecule has 7 nitrogen and oxygen atoms in total. The van der Waals surface area contributed by atoms with Crippen LogP contribution in [0, 0.1) is 24.2 Å². The molecule has 7 heteroatoms. The van der Waals surface area contributed by atoms with Crippen molar-refractivity contribution in [2.45, 2.75) is 33.2 Å². The van der Waals surface area contributed by atoms with Crippen molar-refractivity contribution in [3.63, 3.8) is 0 Å². The summed E-state index contributed by atoms with van der Waals surface area (Å²) in [5.74, 6) is 6.26. The minimum absolute atomic E-state index is 0.000663. The first-order chi connectivity index (χ1) is 18.9. The number of hydrogen-bond acceptors (Lipinski definition) is 5. The molecule has 1 fully saturated rings. The summed E-state index contributed by atoms with van der Waals surface area (Å²) in [6.07, 6.45) is 2.13. The summed E-state index contributed by atoms with van der Waals surface area (Å²) < 4.78 is 5.08. The number of aryl methyl sites for hydroxylation is 1. The third-order valence-corrected chi connectivity index (χ3v) is 6.71. The summed E-state index contributed by atoms with van der Waals surface area (Å²) >= 11 is 0. The third-order valence-electron chi connectivity index (χ3n) is 6.71. The van der Waals surface area contributed by atoms with Crippen molar-refractivity contribution in [3.05, 3.63) is 100 Å². The molecule has 1 aliphatic heterocycles. The number of nitrogens with one attached hydrogen (secondary N) is 1. The van der Waals surface area contributed by atoms with Crippen LogP contribution in [-0.2, 0) is 11.3 Å². The minimum Gasteiger partial charge on any atom is -0.462 e. The van der Waals surface area contributed by atoms with Gasteiger partial charge in [0, 0.05) is 42.0 Å². The van der Waals surface area contributed by atoms with Crippen LogP contribution in [0.15, 0.2) is 66.7 Å². The van der Waals surface area contributed by atoms with E-state index in [-0.39, 0.29) is 17.7 Å². The highest BCUT2D eigenvalue weighted by Crippen LogP contribution is 2.20. The Morgan fingerprint density at radius 2 is 1.77 bits per heavy atom. The summed E-state index contributed by atoms with van der Waals surface area (Å²) in [6, 6.07) is 20.6. The molecule has 0 aromatic heterocycles. The summed E-state index contributed by atoms with van der Waals surface area (Å²) in [5, 5.41) is 7.83. The average Bonchev–Trinajstić information content (AvgIpc) is 3.48. The van der Waals surface area contributed by atoms with E-state index < -0.39 is 0 Å². The fourth-order valence-corrected chi connectivity index (χ4v) is 4.60. The van der Waals surface area contributed by atoms with Gasteiger partial charge < -0.3 is 20.3 Å². The van der Waals surface area contributed by atoms with Crippen molar-refractivity contribution < 1.29 is 14.3 Å². The molecule has 0 aliphatic carbocycles. The number of likely N-dealkylation sites (tertiary alicyclic amines) is 1. The Kier molecular flexibility index (Phi) is 9.01. The summed E-state index contributed by atoms with van der Waals surface area (Å²) in [7, 11) is 0. The van der Waals surface area contributed by atoms with Crippen LogP contribution >= 0.6 is 0 Å². The van der Waals surface area contributed by atoms with E-state index in [9.17, 15) is 9.59 Å². The lowest BCUT2D eigenvalue weighted by atomic mass is 10.0. The second-order valence-corrected chi connectivity index (χ2v) is 9.57. The van der Waals surface area contributed by atoms with Crippen LogP contribution in [0.5, 0.6) is 0 Å². The zero-order valence-electron chi connectivity index (χ0n) is 22.5. The van der Waals surface area contributed by atoms with E-state index in [4.69, 9.17) is 15.9 Å². The molecular formula is C32H34N4O3. The maximum absolute atomic E-state index is 12.8. The molecule has 4 rings (SSSR count). The fraction of sp³-hybridized carbons (Fsp3) is 0.281. The molecule has 1 amide bonds. The molecule has 0 unspecified atom stereocenters. The molecule has 1 saturated heterocycles. The van der Waals surface area contributed by atoms with Crippen molar-refractivity contribution in [1.82, 2.24) is 4.90 Å². The highest BCUT2D eigenvalue weighted by atomic mass is 16.5. The molecule has 1 aliphatic rings. The van der Waals surface area contributed by atoms with Gasteiger partial charge in [-0.05, 0) is 80.3 Å². The maximum atomic E-state index is 12.8. The van der Waals surface area contributed by atoms with Crippen LogP contribution in [0.3, 0.4) is 0 Å². The van der Waals surface area contributed by atoms with Gasteiger partial charge in [-0.2, -0.15) is 0 Å². The minimum atomic E-state index is -0.343. The van der Waals surface area contributed by atoms with Gasteiger partial charge in [-0.3, -0.25) is 10.2 Å². The molecule has 0 radical (unpaired) electrons. The number of nitrogens with two attached hydrogens (primary N) is 1. The molecule has 1 heterocycles. The lowest BCUT2D eigenvalue weighted by molar-refractivity contribution is 0.0526. The van der Waals surface area contributed by atoms with Gasteiger partial charge in [-0.25, -0.2) is 4.79 Å². The highest BCUT2D eigenvalue weighted by Gasteiger charge is 2.20. The number of esters is 1. The zero-order chi connectivity index (χ0) is 27.8. The molecule has 3 aromatic rings. The van der Waals surface area contributed by atoms with E-state index in [0.29, 0.717) is 30.8 Å². The predicted octanol–water partition coefficient (Wildman–Crippen LogP) is 4.75. The molecule has 3 aromatic carbocycles. The number of nitrogen functional groups attached to an aromatic ring is 1. The normalized spacial score (nSPS) is 12.4. The number of ether oxygens (including phenoxy) is 1.